The number of nitrogens with one attached hydrogen (secondary N) is 2. The van der Waals surface area contributed by atoms with Crippen LogP contribution in [0.1, 0.15) is 24.1 Å². The lowest BCUT2D eigenvalue weighted by molar-refractivity contribution is -0.113. The second-order valence-electron chi connectivity index (χ2n) is 8.69. The van der Waals surface area contributed by atoms with E-state index in [0.29, 0.717) is 50.2 Å². The summed E-state index contributed by atoms with van der Waals surface area (Å²) in [5.74, 6) is 1.53. The zero-order chi connectivity index (χ0) is 27.5. The molecule has 3 aromatic carbocycles. The fourth-order valence-electron chi connectivity index (χ4n) is 4.35. The molecule has 0 aliphatic carbocycles. The molecule has 4 aromatic rings. The molecule has 1 aromatic heterocycles. The molecule has 0 spiro atoms. The summed E-state index contributed by atoms with van der Waals surface area (Å²) in [6.45, 7) is 1.82. The first-order valence-electron chi connectivity index (χ1n) is 12.0. The molecular formula is C28H26ClN5O4S. The second-order valence-corrected chi connectivity index (χ2v) is 10.0. The fourth-order valence-corrected chi connectivity index (χ4v) is 5.47. The molecule has 0 saturated carbocycles. The highest BCUT2D eigenvalue weighted by atomic mass is 35.5. The van der Waals surface area contributed by atoms with Gasteiger partial charge in [0, 0.05) is 16.5 Å². The Morgan fingerprint density at radius 1 is 1.10 bits per heavy atom. The highest BCUT2D eigenvalue weighted by molar-refractivity contribution is 7.98. The number of carbonyl (C=O) groups is 1. The summed E-state index contributed by atoms with van der Waals surface area (Å²) < 4.78 is 12.4. The number of phenols is 1. The summed E-state index contributed by atoms with van der Waals surface area (Å²) >= 11 is 7.77. The number of anilines is 2. The maximum absolute atomic E-state index is 13.8. The standard InChI is InChI=1S/C28H26ClN5O4S/c1-16-24(26(36)31-20-10-6-7-11-22(20)37-2)25(17-12-13-21(35)23(14-17)38-3)34-27(30-16)32-28(33-34)39-15-18-8-4-5-9-19(18)29/h4-14,25,35H,15H2,1-3H3,(H,31,36)(H,30,32,33). The van der Waals surface area contributed by atoms with Crippen LogP contribution in [0.25, 0.3) is 0 Å². The molecule has 2 heterocycles. The molecule has 3 N–H and O–H groups in total. The summed E-state index contributed by atoms with van der Waals surface area (Å²) in [4.78, 5) is 18.5. The Balaban J connectivity index is 1.54. The summed E-state index contributed by atoms with van der Waals surface area (Å²) in [5.41, 5.74) is 3.23. The third-order valence-corrected chi connectivity index (χ3v) is 7.52. The average molecular weight is 564 g/mol. The van der Waals surface area contributed by atoms with Gasteiger partial charge in [-0.25, -0.2) is 4.68 Å². The van der Waals surface area contributed by atoms with Crippen LogP contribution in [0.3, 0.4) is 0 Å². The van der Waals surface area contributed by atoms with E-state index in [9.17, 15) is 9.90 Å². The number of methoxy groups -OCH3 is 2. The number of aromatic hydroxyl groups is 1. The first-order valence-corrected chi connectivity index (χ1v) is 13.4. The van der Waals surface area contributed by atoms with Crippen LogP contribution in [-0.2, 0) is 10.5 Å². The second kappa shape index (κ2) is 11.3. The van der Waals surface area contributed by atoms with E-state index in [1.807, 2.05) is 43.3 Å². The van der Waals surface area contributed by atoms with Crippen LogP contribution < -0.4 is 20.1 Å². The maximum Gasteiger partial charge on any atom is 0.255 e. The quantitative estimate of drug-likeness (QED) is 0.228. The largest absolute Gasteiger partial charge is 0.504 e. The van der Waals surface area contributed by atoms with Crippen molar-refractivity contribution in [2.24, 2.45) is 0 Å². The van der Waals surface area contributed by atoms with Crippen molar-refractivity contribution in [3.63, 3.8) is 0 Å². The normalized spacial score (nSPS) is 14.4. The smallest absolute Gasteiger partial charge is 0.255 e. The van der Waals surface area contributed by atoms with Gasteiger partial charge in [-0.3, -0.25) is 4.79 Å². The minimum atomic E-state index is -0.660. The first kappa shape index (κ1) is 26.5. The van der Waals surface area contributed by atoms with Crippen LogP contribution in [0.5, 0.6) is 17.2 Å². The van der Waals surface area contributed by atoms with E-state index in [1.165, 1.54) is 24.9 Å². The number of halogens is 1. The number of benzene rings is 3. The third-order valence-electron chi connectivity index (χ3n) is 6.27. The van der Waals surface area contributed by atoms with Crippen molar-refractivity contribution in [3.05, 3.63) is 94.1 Å². The Kier molecular flexibility index (Phi) is 7.67. The summed E-state index contributed by atoms with van der Waals surface area (Å²) in [6, 6.07) is 19.1. The van der Waals surface area contributed by atoms with Gasteiger partial charge in [0.15, 0.2) is 11.5 Å². The number of amides is 1. The Morgan fingerprint density at radius 2 is 1.85 bits per heavy atom. The number of carbonyl (C=O) groups excluding carboxylic acids is 1. The number of fused-ring (bicyclic) bond motifs is 1. The van der Waals surface area contributed by atoms with Crippen molar-refractivity contribution in [2.45, 2.75) is 23.9 Å². The van der Waals surface area contributed by atoms with Gasteiger partial charge in [-0.15, -0.1) is 5.10 Å². The lowest BCUT2D eigenvalue weighted by Crippen LogP contribution is -2.31. The summed E-state index contributed by atoms with van der Waals surface area (Å²) in [7, 11) is 3.02. The fraction of sp³-hybridized carbons (Fsp3) is 0.179. The highest BCUT2D eigenvalue weighted by Crippen LogP contribution is 2.40. The van der Waals surface area contributed by atoms with E-state index in [4.69, 9.17) is 26.2 Å². The number of hydrogen-bond donors (Lipinski definition) is 3. The predicted octanol–water partition coefficient (Wildman–Crippen LogP) is 5.87. The SMILES string of the molecule is COc1cc(C2C(C(=O)Nc3ccccc3OC)=C(C)Nc3nc(SCc4ccccc4Cl)nn32)ccc1O. The zero-order valence-electron chi connectivity index (χ0n) is 21.4. The van der Waals surface area contributed by atoms with E-state index in [1.54, 1.807) is 36.1 Å². The first-order chi connectivity index (χ1) is 18.9. The molecule has 1 aliphatic heterocycles. The van der Waals surface area contributed by atoms with E-state index in [2.05, 4.69) is 15.6 Å². The molecule has 9 nitrogen and oxygen atoms in total. The van der Waals surface area contributed by atoms with Gasteiger partial charge in [0.25, 0.3) is 5.91 Å². The number of thioether (sulfide) groups is 1. The van der Waals surface area contributed by atoms with Crippen molar-refractivity contribution in [3.8, 4) is 17.2 Å². The molecule has 1 unspecified atom stereocenters. The van der Waals surface area contributed by atoms with Gasteiger partial charge in [0.1, 0.15) is 11.8 Å². The minimum absolute atomic E-state index is 0.00860. The predicted molar refractivity (Wildman–Crippen MR) is 152 cm³/mol. The van der Waals surface area contributed by atoms with E-state index >= 15 is 0 Å². The Labute approximate surface area is 234 Å². The van der Waals surface area contributed by atoms with Crippen LogP contribution in [0.4, 0.5) is 11.6 Å². The molecule has 1 aliphatic rings. The minimum Gasteiger partial charge on any atom is -0.504 e. The lowest BCUT2D eigenvalue weighted by atomic mass is 9.94. The molecule has 0 bridgehead atoms. The van der Waals surface area contributed by atoms with Crippen LogP contribution >= 0.6 is 23.4 Å². The van der Waals surface area contributed by atoms with Crippen molar-refractivity contribution < 1.29 is 19.4 Å². The van der Waals surface area contributed by atoms with Gasteiger partial charge < -0.3 is 25.2 Å². The van der Waals surface area contributed by atoms with Crippen LogP contribution in [0.2, 0.25) is 5.02 Å². The summed E-state index contributed by atoms with van der Waals surface area (Å²) in [6.07, 6.45) is 0. The molecule has 39 heavy (non-hydrogen) atoms. The molecular weight excluding hydrogens is 538 g/mol. The van der Waals surface area contributed by atoms with Crippen LogP contribution in [0, 0.1) is 0 Å². The van der Waals surface area contributed by atoms with Gasteiger partial charge in [-0.1, -0.05) is 59.8 Å². The molecule has 1 atom stereocenters. The van der Waals surface area contributed by atoms with Crippen molar-refractivity contribution >= 4 is 40.9 Å². The highest BCUT2D eigenvalue weighted by Gasteiger charge is 2.35. The third kappa shape index (κ3) is 5.39. The average Bonchev–Trinajstić information content (AvgIpc) is 3.34. The van der Waals surface area contributed by atoms with Gasteiger partial charge in [-0.05, 0) is 48.4 Å². The van der Waals surface area contributed by atoms with Crippen molar-refractivity contribution in [1.82, 2.24) is 14.8 Å². The zero-order valence-corrected chi connectivity index (χ0v) is 23.0. The molecule has 1 amide bonds. The molecule has 0 radical (unpaired) electrons. The molecule has 11 heteroatoms. The van der Waals surface area contributed by atoms with E-state index in [-0.39, 0.29) is 17.4 Å². The van der Waals surface area contributed by atoms with Gasteiger partial charge in [0.05, 0.1) is 25.5 Å². The monoisotopic (exact) mass is 563 g/mol. The van der Waals surface area contributed by atoms with Gasteiger partial charge >= 0.3 is 0 Å². The number of nitrogens with zero attached hydrogens (tertiary/aromatic N) is 3. The Hall–Kier alpha value is -4.15. The van der Waals surface area contributed by atoms with Crippen molar-refractivity contribution in [1.29, 1.82) is 0 Å². The van der Waals surface area contributed by atoms with E-state index < -0.39 is 6.04 Å². The van der Waals surface area contributed by atoms with Gasteiger partial charge in [0.2, 0.25) is 11.1 Å². The summed E-state index contributed by atoms with van der Waals surface area (Å²) in [5, 5.41) is 22.4. The Bertz CT molecular complexity index is 1570. The number of para-hydroxylation sites is 2. The number of phenolic OH excluding ortho intramolecular Hbond substituents is 1. The van der Waals surface area contributed by atoms with Crippen molar-refractivity contribution in [2.75, 3.05) is 24.9 Å². The van der Waals surface area contributed by atoms with Crippen LogP contribution in [-0.4, -0.2) is 40.0 Å². The molecule has 200 valence electrons. The molecule has 0 fully saturated rings. The number of hydrogen-bond acceptors (Lipinski definition) is 8. The Morgan fingerprint density at radius 3 is 2.62 bits per heavy atom. The molecule has 5 rings (SSSR count). The number of allylic oxidation sites excluding steroid dienone is 1. The molecule has 0 saturated heterocycles. The lowest BCUT2D eigenvalue weighted by Gasteiger charge is -2.29. The number of aromatic nitrogens is 3. The topological polar surface area (TPSA) is 111 Å². The van der Waals surface area contributed by atoms with E-state index in [0.717, 1.165) is 5.56 Å². The number of ether oxygens (including phenoxy) is 2. The maximum atomic E-state index is 13.8. The number of rotatable bonds is 8. The van der Waals surface area contributed by atoms with Crippen LogP contribution in [0.15, 0.2) is 83.2 Å². The van der Waals surface area contributed by atoms with Gasteiger partial charge in [-0.2, -0.15) is 4.98 Å².